The Morgan fingerprint density at radius 2 is 1.97 bits per heavy atom. The summed E-state index contributed by atoms with van der Waals surface area (Å²) in [5.74, 6) is 3.35. The molecule has 0 radical (unpaired) electrons. The average molecular weight is 405 g/mol. The van der Waals surface area contributed by atoms with E-state index in [1.165, 1.54) is 25.7 Å². The number of anilines is 1. The summed E-state index contributed by atoms with van der Waals surface area (Å²) < 4.78 is 8.58. The van der Waals surface area contributed by atoms with Gasteiger partial charge in [0, 0.05) is 38.0 Å². The van der Waals surface area contributed by atoms with E-state index < -0.39 is 0 Å². The first-order valence-corrected chi connectivity index (χ1v) is 11.4. The van der Waals surface area contributed by atoms with Crippen molar-refractivity contribution in [3.8, 4) is 6.07 Å². The molecule has 1 aliphatic heterocycles. The van der Waals surface area contributed by atoms with Crippen LogP contribution in [0.1, 0.15) is 61.7 Å². The van der Waals surface area contributed by atoms with Gasteiger partial charge < -0.3 is 9.64 Å². The highest BCUT2D eigenvalue weighted by molar-refractivity contribution is 5.54. The maximum atomic E-state index is 9.49. The van der Waals surface area contributed by atoms with Crippen molar-refractivity contribution in [3.05, 3.63) is 35.8 Å². The molecule has 0 aromatic carbocycles. The summed E-state index contributed by atoms with van der Waals surface area (Å²) >= 11 is 0. The Balaban J connectivity index is 1.23. The highest BCUT2D eigenvalue weighted by atomic mass is 16.5. The number of nitrogens with zero attached hydrogens (tertiary/aromatic N) is 6. The van der Waals surface area contributed by atoms with Gasteiger partial charge in [-0.1, -0.05) is 5.21 Å². The van der Waals surface area contributed by atoms with Crippen molar-refractivity contribution in [1.82, 2.24) is 20.0 Å². The van der Waals surface area contributed by atoms with Gasteiger partial charge in [-0.25, -0.2) is 9.67 Å². The topological polar surface area (TPSA) is 79.9 Å². The number of aromatic nitrogens is 4. The standard InChI is InChI=1S/C23H28N6O/c24-10-17-2-1-7-25-23(17)28-11-18-8-21(29-13-20(26-27-29)16-5-6-16)22(9-19(18)12-28)30-14-15-3-4-15/h1-2,7,13,15-16,18-19,21-22H,3-6,8-9,11-12,14H2/t18-,19+,21-,22-/m1/s1. The van der Waals surface area contributed by atoms with Crippen LogP contribution in [0.3, 0.4) is 0 Å². The molecule has 30 heavy (non-hydrogen) atoms. The summed E-state index contributed by atoms with van der Waals surface area (Å²) in [6.07, 6.45) is 11.4. The first-order valence-electron chi connectivity index (χ1n) is 11.4. The van der Waals surface area contributed by atoms with Gasteiger partial charge in [-0.15, -0.1) is 5.10 Å². The lowest BCUT2D eigenvalue weighted by Crippen LogP contribution is -2.38. The molecule has 4 atom stereocenters. The quantitative estimate of drug-likeness (QED) is 0.735. The molecule has 0 N–H and O–H groups in total. The molecular weight excluding hydrogens is 376 g/mol. The summed E-state index contributed by atoms with van der Waals surface area (Å²) in [4.78, 5) is 6.84. The molecule has 7 heteroatoms. The number of nitriles is 1. The molecular formula is C23H28N6O. The molecule has 3 heterocycles. The molecule has 2 aromatic rings. The fraction of sp³-hybridized carbons (Fsp3) is 0.652. The second-order valence-electron chi connectivity index (χ2n) is 9.66. The second kappa shape index (κ2) is 7.35. The van der Waals surface area contributed by atoms with Crippen molar-refractivity contribution in [2.24, 2.45) is 17.8 Å². The number of hydrogen-bond acceptors (Lipinski definition) is 6. The molecule has 2 aromatic heterocycles. The van der Waals surface area contributed by atoms with Crippen LogP contribution >= 0.6 is 0 Å². The lowest BCUT2D eigenvalue weighted by molar-refractivity contribution is -0.0375. The number of ether oxygens (including phenoxy) is 1. The van der Waals surface area contributed by atoms with Crippen LogP contribution in [-0.2, 0) is 4.74 Å². The summed E-state index contributed by atoms with van der Waals surface area (Å²) in [6, 6.07) is 6.26. The molecule has 0 bridgehead atoms. The first-order chi connectivity index (χ1) is 14.8. The molecule has 0 unspecified atom stereocenters. The van der Waals surface area contributed by atoms with Crippen molar-refractivity contribution in [3.63, 3.8) is 0 Å². The van der Waals surface area contributed by atoms with E-state index in [0.717, 1.165) is 50.0 Å². The zero-order valence-electron chi connectivity index (χ0n) is 17.2. The SMILES string of the molecule is N#Cc1cccnc1N1C[C@H]2C[C@@H](n3cc(C4CC4)nn3)[C@H](OCC3CC3)C[C@H]2C1. The summed E-state index contributed by atoms with van der Waals surface area (Å²) in [5, 5.41) is 18.5. The Hall–Kier alpha value is -2.46. The monoisotopic (exact) mass is 404 g/mol. The average Bonchev–Trinajstić information content (AvgIpc) is 3.71. The minimum atomic E-state index is 0.194. The van der Waals surface area contributed by atoms with Crippen molar-refractivity contribution >= 4 is 5.82 Å². The fourth-order valence-corrected chi connectivity index (χ4v) is 5.32. The third-order valence-electron chi connectivity index (χ3n) is 7.40. The molecule has 1 saturated heterocycles. The predicted molar refractivity (Wildman–Crippen MR) is 111 cm³/mol. The van der Waals surface area contributed by atoms with Gasteiger partial charge in [0.2, 0.25) is 0 Å². The van der Waals surface area contributed by atoms with Gasteiger partial charge in [0.05, 0.1) is 23.4 Å². The van der Waals surface area contributed by atoms with Crippen molar-refractivity contribution < 1.29 is 4.74 Å². The van der Waals surface area contributed by atoms with Crippen LogP contribution in [0.2, 0.25) is 0 Å². The number of pyridine rings is 1. The molecule has 3 saturated carbocycles. The Morgan fingerprint density at radius 1 is 1.13 bits per heavy atom. The lowest BCUT2D eigenvalue weighted by atomic mass is 9.77. The number of rotatable bonds is 6. The number of fused-ring (bicyclic) bond motifs is 1. The van der Waals surface area contributed by atoms with Crippen LogP contribution in [0.5, 0.6) is 0 Å². The molecule has 6 rings (SSSR count). The maximum absolute atomic E-state index is 9.49. The van der Waals surface area contributed by atoms with E-state index in [4.69, 9.17) is 4.74 Å². The zero-order chi connectivity index (χ0) is 20.1. The second-order valence-corrected chi connectivity index (χ2v) is 9.66. The van der Waals surface area contributed by atoms with Crippen molar-refractivity contribution in [2.45, 2.75) is 56.6 Å². The van der Waals surface area contributed by atoms with Gasteiger partial charge in [0.15, 0.2) is 0 Å². The zero-order valence-corrected chi connectivity index (χ0v) is 17.2. The summed E-state index contributed by atoms with van der Waals surface area (Å²) in [7, 11) is 0. The summed E-state index contributed by atoms with van der Waals surface area (Å²) in [6.45, 7) is 2.79. The van der Waals surface area contributed by atoms with E-state index in [1.807, 2.05) is 12.1 Å². The third kappa shape index (κ3) is 3.47. The van der Waals surface area contributed by atoms with Crippen LogP contribution in [0.15, 0.2) is 24.5 Å². The number of hydrogen-bond donors (Lipinski definition) is 0. The van der Waals surface area contributed by atoms with Crippen LogP contribution in [0.4, 0.5) is 5.82 Å². The predicted octanol–water partition coefficient (Wildman–Crippen LogP) is 3.30. The Kier molecular flexibility index (Phi) is 4.49. The van der Waals surface area contributed by atoms with Crippen LogP contribution in [-0.4, -0.2) is 45.8 Å². The molecule has 4 aliphatic rings. The molecule has 156 valence electrons. The van der Waals surface area contributed by atoms with E-state index >= 15 is 0 Å². The minimum absolute atomic E-state index is 0.194. The van der Waals surface area contributed by atoms with E-state index in [9.17, 15) is 5.26 Å². The smallest absolute Gasteiger partial charge is 0.146 e. The van der Waals surface area contributed by atoms with Crippen molar-refractivity contribution in [2.75, 3.05) is 24.6 Å². The van der Waals surface area contributed by atoms with E-state index in [1.54, 1.807) is 6.20 Å². The van der Waals surface area contributed by atoms with Gasteiger partial charge in [-0.2, -0.15) is 5.26 Å². The van der Waals surface area contributed by atoms with E-state index in [-0.39, 0.29) is 12.1 Å². The Bertz CT molecular complexity index is 959. The van der Waals surface area contributed by atoms with Crippen molar-refractivity contribution in [1.29, 1.82) is 5.26 Å². The Morgan fingerprint density at radius 3 is 2.73 bits per heavy atom. The third-order valence-corrected chi connectivity index (χ3v) is 7.40. The molecule has 7 nitrogen and oxygen atoms in total. The van der Waals surface area contributed by atoms with E-state index in [0.29, 0.717) is 23.3 Å². The molecule has 0 spiro atoms. The molecule has 3 aliphatic carbocycles. The molecule has 4 fully saturated rings. The van der Waals surface area contributed by atoms with E-state index in [2.05, 4.69) is 37.1 Å². The molecule has 0 amide bonds. The van der Waals surface area contributed by atoms with Gasteiger partial charge >= 0.3 is 0 Å². The van der Waals surface area contributed by atoms with Gasteiger partial charge in [0.1, 0.15) is 11.9 Å². The van der Waals surface area contributed by atoms with Crippen LogP contribution in [0.25, 0.3) is 0 Å². The fourth-order valence-electron chi connectivity index (χ4n) is 5.32. The highest BCUT2D eigenvalue weighted by Gasteiger charge is 2.45. The van der Waals surface area contributed by atoms with Gasteiger partial charge in [0.25, 0.3) is 0 Å². The highest BCUT2D eigenvalue weighted by Crippen LogP contribution is 2.45. The normalized spacial score (nSPS) is 30.8. The van der Waals surface area contributed by atoms with Gasteiger partial charge in [-0.3, -0.25) is 0 Å². The first kappa shape index (κ1) is 18.3. The van der Waals surface area contributed by atoms with Gasteiger partial charge in [-0.05, 0) is 68.4 Å². The maximum Gasteiger partial charge on any atom is 0.146 e. The van der Waals surface area contributed by atoms with Crippen LogP contribution in [0, 0.1) is 29.1 Å². The van der Waals surface area contributed by atoms with Crippen LogP contribution < -0.4 is 4.90 Å². The lowest BCUT2D eigenvalue weighted by Gasteiger charge is -2.37. The Labute approximate surface area is 177 Å². The minimum Gasteiger partial charge on any atom is -0.376 e. The summed E-state index contributed by atoms with van der Waals surface area (Å²) in [5.41, 5.74) is 1.82. The largest absolute Gasteiger partial charge is 0.376 e.